The second-order valence-electron chi connectivity index (χ2n) is 6.50. The lowest BCUT2D eigenvalue weighted by atomic mass is 10.1. The van der Waals surface area contributed by atoms with Crippen LogP contribution in [0, 0.1) is 13.8 Å². The number of ether oxygens (including phenoxy) is 1. The minimum Gasteiger partial charge on any atom is -0.472 e. The molecule has 1 aliphatic heterocycles. The molecule has 3 heterocycles. The van der Waals surface area contributed by atoms with Crippen molar-refractivity contribution in [2.24, 2.45) is 0 Å². The average molecular weight is 369 g/mol. The summed E-state index contributed by atoms with van der Waals surface area (Å²) in [7, 11) is 0. The number of piperidine rings is 1. The van der Waals surface area contributed by atoms with E-state index in [1.807, 2.05) is 43.0 Å². The third kappa shape index (κ3) is 3.50. The van der Waals surface area contributed by atoms with E-state index in [4.69, 9.17) is 4.74 Å². The minimum atomic E-state index is -0.0638. The lowest BCUT2D eigenvalue weighted by molar-refractivity contribution is 0.0527. The van der Waals surface area contributed by atoms with Crippen molar-refractivity contribution in [1.29, 1.82) is 0 Å². The van der Waals surface area contributed by atoms with Gasteiger partial charge in [0.25, 0.3) is 5.91 Å². The van der Waals surface area contributed by atoms with Gasteiger partial charge in [0, 0.05) is 23.9 Å². The Labute approximate surface area is 155 Å². The van der Waals surface area contributed by atoms with E-state index in [0.717, 1.165) is 47.8 Å². The summed E-state index contributed by atoms with van der Waals surface area (Å²) in [6.45, 7) is 5.05. The van der Waals surface area contributed by atoms with E-state index < -0.39 is 0 Å². The Bertz CT molecular complexity index is 937. The maximum atomic E-state index is 12.9. The van der Waals surface area contributed by atoms with Gasteiger partial charge in [-0.15, -0.1) is 0 Å². The van der Waals surface area contributed by atoms with E-state index >= 15 is 0 Å². The molecule has 2 aromatic heterocycles. The number of amides is 1. The highest BCUT2D eigenvalue weighted by Crippen LogP contribution is 2.21. The highest BCUT2D eigenvalue weighted by atomic mass is 32.1. The summed E-state index contributed by atoms with van der Waals surface area (Å²) in [4.78, 5) is 23.3. The molecule has 7 nitrogen and oxygen atoms in total. The molecular formula is C18H19N5O2S. The van der Waals surface area contributed by atoms with Crippen molar-refractivity contribution in [2.45, 2.75) is 32.8 Å². The number of likely N-dealkylation sites (tertiary alicyclic amines) is 1. The van der Waals surface area contributed by atoms with E-state index in [1.165, 1.54) is 0 Å². The number of carbonyl (C=O) groups excluding carboxylic acids is 1. The third-order valence-corrected chi connectivity index (χ3v) is 4.95. The van der Waals surface area contributed by atoms with Gasteiger partial charge in [-0.25, -0.2) is 4.98 Å². The molecule has 0 N–H and O–H groups in total. The zero-order valence-corrected chi connectivity index (χ0v) is 15.5. The first-order valence-corrected chi connectivity index (χ1v) is 9.32. The number of fused-ring (bicyclic) bond motifs is 1. The highest BCUT2D eigenvalue weighted by molar-refractivity contribution is 7.00. The Morgan fingerprint density at radius 2 is 2.04 bits per heavy atom. The standard InChI is InChI=1S/C18H19N5O2S/c1-11-8-17(20-12(2)19-11)25-14-4-3-7-23(10-14)18(24)13-5-6-15-16(9-13)22-26-21-15/h5-6,8-9,14H,3-4,7,10H2,1-2H3. The second-order valence-corrected chi connectivity index (χ2v) is 7.02. The SMILES string of the molecule is Cc1cc(OC2CCCN(C(=O)c3ccc4nsnc4c3)C2)nc(C)n1. The Hall–Kier alpha value is -2.61. The van der Waals surface area contributed by atoms with Crippen molar-refractivity contribution in [2.75, 3.05) is 13.1 Å². The first kappa shape index (κ1) is 16.8. The van der Waals surface area contributed by atoms with Gasteiger partial charge in [-0.2, -0.15) is 13.7 Å². The maximum Gasteiger partial charge on any atom is 0.254 e. The van der Waals surface area contributed by atoms with Crippen LogP contribution in [0.5, 0.6) is 5.88 Å². The summed E-state index contributed by atoms with van der Waals surface area (Å²) in [5.74, 6) is 1.27. The molecule has 0 bridgehead atoms. The fourth-order valence-electron chi connectivity index (χ4n) is 3.23. The Morgan fingerprint density at radius 1 is 1.19 bits per heavy atom. The van der Waals surface area contributed by atoms with Crippen molar-refractivity contribution in [3.05, 3.63) is 41.3 Å². The van der Waals surface area contributed by atoms with Crippen LogP contribution in [0.15, 0.2) is 24.3 Å². The monoisotopic (exact) mass is 369 g/mol. The number of aromatic nitrogens is 4. The predicted octanol–water partition coefficient (Wildman–Crippen LogP) is 2.78. The maximum absolute atomic E-state index is 12.9. The first-order chi connectivity index (χ1) is 12.6. The summed E-state index contributed by atoms with van der Waals surface area (Å²) >= 11 is 1.16. The zero-order chi connectivity index (χ0) is 18.1. The molecule has 8 heteroatoms. The topological polar surface area (TPSA) is 81.1 Å². The smallest absolute Gasteiger partial charge is 0.254 e. The lowest BCUT2D eigenvalue weighted by Crippen LogP contribution is -2.44. The van der Waals surface area contributed by atoms with E-state index in [-0.39, 0.29) is 12.0 Å². The molecule has 0 aliphatic carbocycles. The number of hydrogen-bond acceptors (Lipinski definition) is 7. The summed E-state index contributed by atoms with van der Waals surface area (Å²) < 4.78 is 14.4. The number of nitrogens with zero attached hydrogens (tertiary/aromatic N) is 5. The first-order valence-electron chi connectivity index (χ1n) is 8.59. The lowest BCUT2D eigenvalue weighted by Gasteiger charge is -2.32. The molecule has 1 unspecified atom stereocenters. The van der Waals surface area contributed by atoms with Crippen LogP contribution in [0.4, 0.5) is 0 Å². The Balaban J connectivity index is 1.47. The zero-order valence-electron chi connectivity index (χ0n) is 14.7. The average Bonchev–Trinajstić information content (AvgIpc) is 3.08. The molecule has 3 aromatic rings. The van der Waals surface area contributed by atoms with Crippen LogP contribution < -0.4 is 4.74 Å². The number of aryl methyl sites for hydroxylation is 2. The van der Waals surface area contributed by atoms with Crippen molar-refractivity contribution >= 4 is 28.7 Å². The van der Waals surface area contributed by atoms with E-state index in [2.05, 4.69) is 18.7 Å². The molecule has 134 valence electrons. The molecule has 1 aliphatic rings. The molecule has 0 saturated carbocycles. The van der Waals surface area contributed by atoms with Crippen molar-refractivity contribution in [1.82, 2.24) is 23.6 Å². The molecule has 4 rings (SSSR count). The van der Waals surface area contributed by atoms with Crippen LogP contribution in [0.25, 0.3) is 11.0 Å². The molecule has 1 amide bonds. The Morgan fingerprint density at radius 3 is 2.88 bits per heavy atom. The van der Waals surface area contributed by atoms with Gasteiger partial charge in [0.2, 0.25) is 5.88 Å². The Kier molecular flexibility index (Phi) is 4.50. The fourth-order valence-corrected chi connectivity index (χ4v) is 3.75. The molecule has 1 fully saturated rings. The quantitative estimate of drug-likeness (QED) is 0.706. The van der Waals surface area contributed by atoms with Crippen LogP contribution in [0.3, 0.4) is 0 Å². The van der Waals surface area contributed by atoms with Gasteiger partial charge in [0.1, 0.15) is 23.0 Å². The number of rotatable bonds is 3. The fraction of sp³-hybridized carbons (Fsp3) is 0.389. The number of benzene rings is 1. The summed E-state index contributed by atoms with van der Waals surface area (Å²) in [6.07, 6.45) is 1.74. The van der Waals surface area contributed by atoms with Gasteiger partial charge in [-0.1, -0.05) is 0 Å². The van der Waals surface area contributed by atoms with Crippen LogP contribution >= 0.6 is 11.7 Å². The molecule has 1 aromatic carbocycles. The largest absolute Gasteiger partial charge is 0.472 e. The second kappa shape index (κ2) is 6.95. The van der Waals surface area contributed by atoms with E-state index in [0.29, 0.717) is 23.8 Å². The van der Waals surface area contributed by atoms with Gasteiger partial charge >= 0.3 is 0 Å². The van der Waals surface area contributed by atoms with Crippen LogP contribution in [-0.4, -0.2) is 48.7 Å². The van der Waals surface area contributed by atoms with Crippen molar-refractivity contribution < 1.29 is 9.53 Å². The molecule has 26 heavy (non-hydrogen) atoms. The van der Waals surface area contributed by atoms with Gasteiger partial charge in [0.05, 0.1) is 18.3 Å². The molecule has 1 atom stereocenters. The molecule has 0 radical (unpaired) electrons. The molecule has 0 spiro atoms. The van der Waals surface area contributed by atoms with E-state index in [1.54, 1.807) is 0 Å². The van der Waals surface area contributed by atoms with Crippen LogP contribution in [0.1, 0.15) is 34.7 Å². The normalized spacial score (nSPS) is 17.5. The van der Waals surface area contributed by atoms with Gasteiger partial charge in [-0.3, -0.25) is 4.79 Å². The van der Waals surface area contributed by atoms with Crippen molar-refractivity contribution in [3.8, 4) is 5.88 Å². The van der Waals surface area contributed by atoms with Gasteiger partial charge in [0.15, 0.2) is 0 Å². The summed E-state index contributed by atoms with van der Waals surface area (Å²) in [5, 5.41) is 0. The number of carbonyl (C=O) groups is 1. The summed E-state index contributed by atoms with van der Waals surface area (Å²) in [6, 6.07) is 7.30. The highest BCUT2D eigenvalue weighted by Gasteiger charge is 2.26. The van der Waals surface area contributed by atoms with E-state index in [9.17, 15) is 4.79 Å². The third-order valence-electron chi connectivity index (χ3n) is 4.40. The van der Waals surface area contributed by atoms with Crippen LogP contribution in [-0.2, 0) is 0 Å². The van der Waals surface area contributed by atoms with Crippen molar-refractivity contribution in [3.63, 3.8) is 0 Å². The molecular weight excluding hydrogens is 350 g/mol. The molecule has 1 saturated heterocycles. The van der Waals surface area contributed by atoms with Crippen LogP contribution in [0.2, 0.25) is 0 Å². The number of hydrogen-bond donors (Lipinski definition) is 0. The predicted molar refractivity (Wildman–Crippen MR) is 98.5 cm³/mol. The van der Waals surface area contributed by atoms with Gasteiger partial charge < -0.3 is 9.64 Å². The minimum absolute atomic E-state index is 0.00301. The van der Waals surface area contributed by atoms with Gasteiger partial charge in [-0.05, 0) is 44.9 Å². The summed E-state index contributed by atoms with van der Waals surface area (Å²) in [5.41, 5.74) is 3.10.